The first-order valence-corrected chi connectivity index (χ1v) is 8.46. The Kier molecular flexibility index (Phi) is 5.03. The van der Waals surface area contributed by atoms with Crippen LogP contribution in [0.25, 0.3) is 0 Å². The van der Waals surface area contributed by atoms with Crippen molar-refractivity contribution in [3.8, 4) is 0 Å². The second-order valence-corrected chi connectivity index (χ2v) is 6.71. The van der Waals surface area contributed by atoms with Crippen LogP contribution < -0.4 is 0 Å². The molecule has 0 N–H and O–H groups in total. The summed E-state index contributed by atoms with van der Waals surface area (Å²) >= 11 is 3.37. The number of hydrogen-bond donors (Lipinski definition) is 0. The largest absolute Gasteiger partial charge is 0.333 e. The van der Waals surface area contributed by atoms with Gasteiger partial charge in [0.05, 0.1) is 11.3 Å². The van der Waals surface area contributed by atoms with Crippen LogP contribution in [-0.4, -0.2) is 51.4 Å². The van der Waals surface area contributed by atoms with Crippen LogP contribution in [0.2, 0.25) is 0 Å². The first-order chi connectivity index (χ1) is 11.1. The molecule has 1 fully saturated rings. The fourth-order valence-electron chi connectivity index (χ4n) is 2.89. The molecule has 0 aliphatic carbocycles. The highest BCUT2D eigenvalue weighted by atomic mass is 79.9. The second kappa shape index (κ2) is 7.19. The Morgan fingerprint density at radius 1 is 1.35 bits per heavy atom. The molecule has 0 radical (unpaired) electrons. The van der Waals surface area contributed by atoms with Crippen LogP contribution >= 0.6 is 15.9 Å². The Labute approximate surface area is 144 Å². The maximum atomic E-state index is 12.7. The lowest BCUT2D eigenvalue weighted by atomic mass is 10.1. The Morgan fingerprint density at radius 2 is 2.22 bits per heavy atom. The molecule has 3 heterocycles. The van der Waals surface area contributed by atoms with Crippen molar-refractivity contribution < 1.29 is 4.79 Å². The molecule has 0 saturated carbocycles. The van der Waals surface area contributed by atoms with E-state index in [1.165, 1.54) is 0 Å². The van der Waals surface area contributed by atoms with Gasteiger partial charge in [-0.2, -0.15) is 0 Å². The van der Waals surface area contributed by atoms with Gasteiger partial charge in [-0.25, -0.2) is 0 Å². The summed E-state index contributed by atoms with van der Waals surface area (Å²) in [5, 5.41) is 0. The lowest BCUT2D eigenvalue weighted by Gasteiger charge is -2.39. The van der Waals surface area contributed by atoms with Gasteiger partial charge in [0.2, 0.25) is 0 Å². The van der Waals surface area contributed by atoms with E-state index in [-0.39, 0.29) is 11.9 Å². The van der Waals surface area contributed by atoms with Crippen LogP contribution in [0.5, 0.6) is 0 Å². The molecule has 1 saturated heterocycles. The Hall–Kier alpha value is -1.79. The quantitative estimate of drug-likeness (QED) is 0.828. The zero-order chi connectivity index (χ0) is 16.2. The minimum atomic E-state index is 0.0452. The van der Waals surface area contributed by atoms with Crippen LogP contribution in [0.1, 0.15) is 23.0 Å². The molecule has 1 aliphatic heterocycles. The average molecular weight is 375 g/mol. The highest BCUT2D eigenvalue weighted by Gasteiger charge is 2.28. The first kappa shape index (κ1) is 16.1. The van der Waals surface area contributed by atoms with E-state index in [0.29, 0.717) is 5.56 Å². The van der Waals surface area contributed by atoms with Gasteiger partial charge >= 0.3 is 0 Å². The lowest BCUT2D eigenvalue weighted by Crippen LogP contribution is -2.53. The van der Waals surface area contributed by atoms with Crippen molar-refractivity contribution in [2.75, 3.05) is 19.6 Å². The molecule has 0 unspecified atom stereocenters. The van der Waals surface area contributed by atoms with Gasteiger partial charge in [-0.3, -0.25) is 19.7 Å². The summed E-state index contributed by atoms with van der Waals surface area (Å²) < 4.78 is 0.824. The summed E-state index contributed by atoms with van der Waals surface area (Å²) in [5.41, 5.74) is 1.69. The predicted molar refractivity (Wildman–Crippen MR) is 91.9 cm³/mol. The molecule has 1 atom stereocenters. The first-order valence-electron chi connectivity index (χ1n) is 7.67. The molecular formula is C17H19BrN4O. The highest BCUT2D eigenvalue weighted by Crippen LogP contribution is 2.17. The van der Waals surface area contributed by atoms with E-state index >= 15 is 0 Å². The maximum Gasteiger partial charge on any atom is 0.255 e. The molecule has 0 aromatic carbocycles. The van der Waals surface area contributed by atoms with E-state index in [0.717, 1.165) is 36.3 Å². The summed E-state index contributed by atoms with van der Waals surface area (Å²) in [6.07, 6.45) is 5.13. The highest BCUT2D eigenvalue weighted by molar-refractivity contribution is 9.10. The maximum absolute atomic E-state index is 12.7. The zero-order valence-corrected chi connectivity index (χ0v) is 14.6. The van der Waals surface area contributed by atoms with Crippen LogP contribution in [-0.2, 0) is 6.54 Å². The van der Waals surface area contributed by atoms with Crippen LogP contribution in [0.15, 0.2) is 47.3 Å². The minimum Gasteiger partial charge on any atom is -0.333 e. The minimum absolute atomic E-state index is 0.0452. The third-order valence-electron chi connectivity index (χ3n) is 4.04. The van der Waals surface area contributed by atoms with Gasteiger partial charge in [0.15, 0.2) is 0 Å². The van der Waals surface area contributed by atoms with E-state index < -0.39 is 0 Å². The van der Waals surface area contributed by atoms with Crippen LogP contribution in [0, 0.1) is 0 Å². The number of carbonyl (C=O) groups excluding carboxylic acids is 1. The van der Waals surface area contributed by atoms with E-state index in [1.54, 1.807) is 12.4 Å². The number of rotatable bonds is 3. The number of nitrogens with zero attached hydrogens (tertiary/aromatic N) is 4. The number of amides is 1. The van der Waals surface area contributed by atoms with Gasteiger partial charge < -0.3 is 4.90 Å². The fraction of sp³-hybridized carbons (Fsp3) is 0.353. The van der Waals surface area contributed by atoms with Crippen molar-refractivity contribution >= 4 is 21.8 Å². The number of aromatic nitrogens is 2. The molecule has 120 valence electrons. The van der Waals surface area contributed by atoms with E-state index in [1.807, 2.05) is 35.4 Å². The molecule has 23 heavy (non-hydrogen) atoms. The zero-order valence-electron chi connectivity index (χ0n) is 13.0. The molecular weight excluding hydrogens is 356 g/mol. The third-order valence-corrected chi connectivity index (χ3v) is 4.47. The average Bonchev–Trinajstić information content (AvgIpc) is 2.55. The smallest absolute Gasteiger partial charge is 0.255 e. The summed E-state index contributed by atoms with van der Waals surface area (Å²) in [7, 11) is 0. The van der Waals surface area contributed by atoms with Gasteiger partial charge in [0, 0.05) is 55.3 Å². The molecule has 1 aliphatic rings. The lowest BCUT2D eigenvalue weighted by molar-refractivity contribution is 0.0473. The monoisotopic (exact) mass is 374 g/mol. The number of piperazine rings is 1. The van der Waals surface area contributed by atoms with Gasteiger partial charge in [-0.05, 0) is 41.1 Å². The van der Waals surface area contributed by atoms with Crippen molar-refractivity contribution in [2.45, 2.75) is 19.5 Å². The predicted octanol–water partition coefficient (Wildman–Crippen LogP) is 2.59. The van der Waals surface area contributed by atoms with E-state index in [4.69, 9.17) is 0 Å². The van der Waals surface area contributed by atoms with Gasteiger partial charge in [-0.15, -0.1) is 0 Å². The molecule has 5 nitrogen and oxygen atoms in total. The van der Waals surface area contributed by atoms with E-state index in [2.05, 4.69) is 37.7 Å². The third kappa shape index (κ3) is 3.95. The van der Waals surface area contributed by atoms with Crippen LogP contribution in [0.3, 0.4) is 0 Å². The summed E-state index contributed by atoms with van der Waals surface area (Å²) in [6.45, 7) is 5.34. The molecule has 1 amide bonds. The summed E-state index contributed by atoms with van der Waals surface area (Å²) in [4.78, 5) is 25.4. The second-order valence-electron chi connectivity index (χ2n) is 5.80. The standard InChI is InChI=1S/C17H19BrN4O/c1-13-11-21(12-16-4-2-3-5-20-16)6-7-22(13)17(23)14-8-15(18)10-19-9-14/h2-5,8-10,13H,6-7,11-12H2,1H3/t13-/m1/s1. The topological polar surface area (TPSA) is 49.3 Å². The number of halogens is 1. The Balaban J connectivity index is 1.63. The molecule has 2 aromatic rings. The SMILES string of the molecule is C[C@@H]1CN(Cc2ccccn2)CCN1C(=O)c1cncc(Br)c1. The van der Waals surface area contributed by atoms with Crippen molar-refractivity contribution in [2.24, 2.45) is 0 Å². The number of hydrogen-bond acceptors (Lipinski definition) is 4. The normalized spacial score (nSPS) is 18.9. The van der Waals surface area contributed by atoms with Crippen molar-refractivity contribution in [1.29, 1.82) is 0 Å². The van der Waals surface area contributed by atoms with Gasteiger partial charge in [0.25, 0.3) is 5.91 Å². The molecule has 0 spiro atoms. The van der Waals surface area contributed by atoms with Crippen molar-refractivity contribution in [3.05, 3.63) is 58.6 Å². The number of pyridine rings is 2. The Bertz CT molecular complexity index is 679. The number of carbonyl (C=O) groups is 1. The van der Waals surface area contributed by atoms with Crippen molar-refractivity contribution in [1.82, 2.24) is 19.8 Å². The van der Waals surface area contributed by atoms with Crippen molar-refractivity contribution in [3.63, 3.8) is 0 Å². The van der Waals surface area contributed by atoms with Gasteiger partial charge in [-0.1, -0.05) is 6.07 Å². The molecule has 2 aromatic heterocycles. The molecule has 0 bridgehead atoms. The summed E-state index contributed by atoms with van der Waals surface area (Å²) in [6, 6.07) is 7.96. The summed E-state index contributed by atoms with van der Waals surface area (Å²) in [5.74, 6) is 0.0452. The molecule has 3 rings (SSSR count). The van der Waals surface area contributed by atoms with E-state index in [9.17, 15) is 4.79 Å². The fourth-order valence-corrected chi connectivity index (χ4v) is 3.26. The van der Waals surface area contributed by atoms with Crippen LogP contribution in [0.4, 0.5) is 0 Å². The van der Waals surface area contributed by atoms with Gasteiger partial charge in [0.1, 0.15) is 0 Å². The Morgan fingerprint density at radius 3 is 2.91 bits per heavy atom. The molecule has 6 heteroatoms.